The molecule has 2 unspecified atom stereocenters. The largest absolute Gasteiger partial charge is 0.300 e. The maximum Gasteiger partial charge on any atom is 0.0121 e. The zero-order valence-corrected chi connectivity index (χ0v) is 10.3. The topological polar surface area (TPSA) is 3.24 Å². The molecule has 1 nitrogen and oxygen atoms in total. The zero-order valence-electron chi connectivity index (χ0n) is 10.3. The predicted molar refractivity (Wildman–Crippen MR) is 63.6 cm³/mol. The normalized spacial score (nSPS) is 22.5. The van der Waals surface area contributed by atoms with Gasteiger partial charge in [-0.25, -0.2) is 0 Å². The maximum atomic E-state index is 2.74. The van der Waals surface area contributed by atoms with Crippen LogP contribution >= 0.6 is 0 Å². The molecule has 84 valence electrons. The quantitative estimate of drug-likeness (QED) is 0.628. The van der Waals surface area contributed by atoms with Crippen molar-refractivity contribution in [3.8, 4) is 0 Å². The average Bonchev–Trinajstić information content (AvgIpc) is 2.71. The minimum Gasteiger partial charge on any atom is -0.300 e. The van der Waals surface area contributed by atoms with Gasteiger partial charge in [0, 0.05) is 6.04 Å². The van der Waals surface area contributed by atoms with E-state index in [1.807, 2.05) is 0 Å². The van der Waals surface area contributed by atoms with Gasteiger partial charge in [0.05, 0.1) is 0 Å². The number of rotatable bonds is 6. The van der Waals surface area contributed by atoms with E-state index in [1.165, 1.54) is 51.6 Å². The molecule has 2 atom stereocenters. The molecule has 0 bridgehead atoms. The molecule has 1 aliphatic heterocycles. The number of hydrogen-bond acceptors (Lipinski definition) is 1. The van der Waals surface area contributed by atoms with E-state index in [2.05, 4.69) is 25.7 Å². The van der Waals surface area contributed by atoms with Crippen LogP contribution in [0.1, 0.15) is 59.3 Å². The molecular weight excluding hydrogens is 170 g/mol. The second kappa shape index (κ2) is 6.44. The minimum absolute atomic E-state index is 0.877. The van der Waals surface area contributed by atoms with Crippen molar-refractivity contribution in [2.75, 3.05) is 13.1 Å². The highest BCUT2D eigenvalue weighted by Crippen LogP contribution is 2.25. The lowest BCUT2D eigenvalue weighted by Gasteiger charge is -2.33. The number of nitrogens with zero attached hydrogens (tertiary/aromatic N) is 1. The summed E-state index contributed by atoms with van der Waals surface area (Å²) in [5, 5.41) is 0. The lowest BCUT2D eigenvalue weighted by Crippen LogP contribution is -2.38. The Morgan fingerprint density at radius 2 is 1.64 bits per heavy atom. The van der Waals surface area contributed by atoms with Crippen molar-refractivity contribution in [1.82, 2.24) is 4.90 Å². The molecule has 0 N–H and O–H groups in total. The standard InChI is InChI=1S/C13H27N/c1-4-9-12(5-2)13(6-3)14-10-7-8-11-14/h12-13H,4-11H2,1-3H3. The number of likely N-dealkylation sites (tertiary alicyclic amines) is 1. The van der Waals surface area contributed by atoms with Crippen molar-refractivity contribution < 1.29 is 0 Å². The van der Waals surface area contributed by atoms with Gasteiger partial charge in [-0.1, -0.05) is 33.6 Å². The highest BCUT2D eigenvalue weighted by atomic mass is 15.2. The Bertz CT molecular complexity index is 138. The summed E-state index contributed by atoms with van der Waals surface area (Å²) in [6.07, 6.45) is 8.34. The summed E-state index contributed by atoms with van der Waals surface area (Å²) < 4.78 is 0. The van der Waals surface area contributed by atoms with Crippen molar-refractivity contribution in [3.63, 3.8) is 0 Å². The molecule has 1 fully saturated rings. The van der Waals surface area contributed by atoms with Crippen molar-refractivity contribution in [3.05, 3.63) is 0 Å². The molecule has 0 aromatic carbocycles. The van der Waals surface area contributed by atoms with E-state index < -0.39 is 0 Å². The van der Waals surface area contributed by atoms with Gasteiger partial charge in [0.1, 0.15) is 0 Å². The van der Waals surface area contributed by atoms with Crippen molar-refractivity contribution >= 4 is 0 Å². The first-order valence-corrected chi connectivity index (χ1v) is 6.57. The summed E-state index contributed by atoms with van der Waals surface area (Å²) in [6.45, 7) is 9.76. The van der Waals surface area contributed by atoms with Crippen LogP contribution in [0.3, 0.4) is 0 Å². The fourth-order valence-corrected chi connectivity index (χ4v) is 3.00. The van der Waals surface area contributed by atoms with Crippen LogP contribution in [0.2, 0.25) is 0 Å². The van der Waals surface area contributed by atoms with E-state index in [-0.39, 0.29) is 0 Å². The lowest BCUT2D eigenvalue weighted by molar-refractivity contribution is 0.157. The molecular formula is C13H27N. The Balaban J connectivity index is 2.48. The Kier molecular flexibility index (Phi) is 5.54. The maximum absolute atomic E-state index is 2.74. The number of hydrogen-bond donors (Lipinski definition) is 0. The molecule has 1 saturated heterocycles. The first kappa shape index (κ1) is 12.0. The van der Waals surface area contributed by atoms with Crippen LogP contribution in [0.25, 0.3) is 0 Å². The fraction of sp³-hybridized carbons (Fsp3) is 1.00. The lowest BCUT2D eigenvalue weighted by atomic mass is 9.89. The summed E-state index contributed by atoms with van der Waals surface area (Å²) in [5.41, 5.74) is 0. The predicted octanol–water partition coefficient (Wildman–Crippen LogP) is 3.69. The average molecular weight is 197 g/mol. The zero-order chi connectivity index (χ0) is 10.4. The second-order valence-corrected chi connectivity index (χ2v) is 4.68. The van der Waals surface area contributed by atoms with E-state index in [4.69, 9.17) is 0 Å². The van der Waals surface area contributed by atoms with Crippen molar-refractivity contribution in [2.45, 2.75) is 65.3 Å². The van der Waals surface area contributed by atoms with Crippen LogP contribution in [-0.4, -0.2) is 24.0 Å². The summed E-state index contributed by atoms with van der Waals surface area (Å²) in [7, 11) is 0. The SMILES string of the molecule is CCCC(CC)C(CC)N1CCCC1. The molecule has 0 aromatic heterocycles. The first-order chi connectivity index (χ1) is 6.83. The molecule has 1 aliphatic rings. The highest BCUT2D eigenvalue weighted by Gasteiger charge is 2.26. The van der Waals surface area contributed by atoms with Crippen LogP contribution in [0.15, 0.2) is 0 Å². The Labute approximate surface area is 89.9 Å². The molecule has 1 heterocycles. The molecule has 1 heteroatoms. The van der Waals surface area contributed by atoms with Gasteiger partial charge in [-0.15, -0.1) is 0 Å². The third kappa shape index (κ3) is 2.98. The van der Waals surface area contributed by atoms with Gasteiger partial charge in [-0.2, -0.15) is 0 Å². The van der Waals surface area contributed by atoms with Gasteiger partial charge >= 0.3 is 0 Å². The summed E-state index contributed by atoms with van der Waals surface area (Å²) in [5.74, 6) is 0.947. The van der Waals surface area contributed by atoms with E-state index in [0.29, 0.717) is 0 Å². The minimum atomic E-state index is 0.877. The van der Waals surface area contributed by atoms with Gasteiger partial charge in [0.15, 0.2) is 0 Å². The van der Waals surface area contributed by atoms with Crippen molar-refractivity contribution in [1.29, 1.82) is 0 Å². The molecule has 0 saturated carbocycles. The van der Waals surface area contributed by atoms with Gasteiger partial charge in [0.2, 0.25) is 0 Å². The van der Waals surface area contributed by atoms with E-state index in [0.717, 1.165) is 12.0 Å². The van der Waals surface area contributed by atoms with Crippen LogP contribution in [0, 0.1) is 5.92 Å². The van der Waals surface area contributed by atoms with Gasteiger partial charge in [-0.05, 0) is 44.7 Å². The summed E-state index contributed by atoms with van der Waals surface area (Å²) >= 11 is 0. The van der Waals surface area contributed by atoms with Gasteiger partial charge in [-0.3, -0.25) is 0 Å². The summed E-state index contributed by atoms with van der Waals surface area (Å²) in [6, 6.07) is 0.877. The molecule has 0 aliphatic carbocycles. The molecule has 0 radical (unpaired) electrons. The monoisotopic (exact) mass is 197 g/mol. The van der Waals surface area contributed by atoms with Crippen LogP contribution in [0.4, 0.5) is 0 Å². The Morgan fingerprint density at radius 3 is 2.07 bits per heavy atom. The van der Waals surface area contributed by atoms with Gasteiger partial charge in [0.25, 0.3) is 0 Å². The fourth-order valence-electron chi connectivity index (χ4n) is 3.00. The first-order valence-electron chi connectivity index (χ1n) is 6.57. The summed E-state index contributed by atoms with van der Waals surface area (Å²) in [4.78, 5) is 2.74. The van der Waals surface area contributed by atoms with Crippen LogP contribution in [-0.2, 0) is 0 Å². The molecule has 0 amide bonds. The van der Waals surface area contributed by atoms with E-state index in [9.17, 15) is 0 Å². The Morgan fingerprint density at radius 1 is 1.00 bits per heavy atom. The molecule has 1 rings (SSSR count). The van der Waals surface area contributed by atoms with Gasteiger partial charge < -0.3 is 4.90 Å². The highest BCUT2D eigenvalue weighted by molar-refractivity contribution is 4.80. The van der Waals surface area contributed by atoms with Crippen molar-refractivity contribution in [2.24, 2.45) is 5.92 Å². The second-order valence-electron chi connectivity index (χ2n) is 4.68. The smallest absolute Gasteiger partial charge is 0.0121 e. The third-order valence-electron chi connectivity index (χ3n) is 3.76. The van der Waals surface area contributed by atoms with Crippen LogP contribution in [0.5, 0.6) is 0 Å². The molecule has 14 heavy (non-hydrogen) atoms. The molecule has 0 aromatic rings. The third-order valence-corrected chi connectivity index (χ3v) is 3.76. The van der Waals surface area contributed by atoms with E-state index >= 15 is 0 Å². The van der Waals surface area contributed by atoms with Crippen LogP contribution < -0.4 is 0 Å². The van der Waals surface area contributed by atoms with E-state index in [1.54, 1.807) is 0 Å². The Hall–Kier alpha value is -0.0400. The molecule has 0 spiro atoms.